The van der Waals surface area contributed by atoms with E-state index in [1.807, 2.05) is 19.1 Å². The zero-order valence-electron chi connectivity index (χ0n) is 14.5. The van der Waals surface area contributed by atoms with Crippen molar-refractivity contribution in [2.24, 2.45) is 4.99 Å². The van der Waals surface area contributed by atoms with Crippen LogP contribution in [0.2, 0.25) is 0 Å². The van der Waals surface area contributed by atoms with Gasteiger partial charge in [0.05, 0.1) is 10.6 Å². The summed E-state index contributed by atoms with van der Waals surface area (Å²) in [5, 5.41) is 3.16. The first-order chi connectivity index (χ1) is 12.5. The number of fused-ring (bicyclic) bond motifs is 1. The number of hydrogen-bond donors (Lipinski definition) is 1. The number of hydrogen-bond acceptors (Lipinski definition) is 4. The van der Waals surface area contributed by atoms with Gasteiger partial charge in [-0.3, -0.25) is 4.99 Å². The summed E-state index contributed by atoms with van der Waals surface area (Å²) < 4.78 is 40.7. The summed E-state index contributed by atoms with van der Waals surface area (Å²) in [5.74, 6) is -0.198. The maximum atomic E-state index is 13.4. The lowest BCUT2D eigenvalue weighted by atomic mass is 9.92. The van der Waals surface area contributed by atoms with Crippen LogP contribution < -0.4 is 5.32 Å². The molecular formula is C19H20FN3O2S. The van der Waals surface area contributed by atoms with Crippen molar-refractivity contribution in [1.29, 1.82) is 0 Å². The lowest BCUT2D eigenvalue weighted by Crippen LogP contribution is -2.46. The van der Waals surface area contributed by atoms with E-state index in [-0.39, 0.29) is 12.2 Å². The fourth-order valence-electron chi connectivity index (χ4n) is 3.52. The van der Waals surface area contributed by atoms with Crippen molar-refractivity contribution in [2.45, 2.75) is 18.2 Å². The Kier molecular flexibility index (Phi) is 4.38. The van der Waals surface area contributed by atoms with Crippen LogP contribution in [0, 0.1) is 6.92 Å². The Labute approximate surface area is 152 Å². The van der Waals surface area contributed by atoms with Crippen molar-refractivity contribution in [1.82, 2.24) is 9.62 Å². The Morgan fingerprint density at radius 1 is 1.15 bits per heavy atom. The molecular weight excluding hydrogens is 353 g/mol. The summed E-state index contributed by atoms with van der Waals surface area (Å²) in [4.78, 5) is 4.65. The molecule has 26 heavy (non-hydrogen) atoms. The summed E-state index contributed by atoms with van der Waals surface area (Å²) in [6.07, 6.45) is 5.13. The molecule has 0 bridgehead atoms. The van der Waals surface area contributed by atoms with Crippen molar-refractivity contribution >= 4 is 21.3 Å². The average molecular weight is 373 g/mol. The molecule has 0 amide bonds. The number of halogens is 1. The second kappa shape index (κ2) is 6.57. The van der Waals surface area contributed by atoms with Gasteiger partial charge in [-0.2, -0.15) is 4.31 Å². The number of sulfonamides is 1. The van der Waals surface area contributed by atoms with Crippen LogP contribution in [0.4, 0.5) is 4.39 Å². The molecule has 4 rings (SSSR count). The highest BCUT2D eigenvalue weighted by atomic mass is 32.2. The molecule has 1 N–H and O–H groups in total. The second-order valence-electron chi connectivity index (χ2n) is 6.62. The van der Waals surface area contributed by atoms with Gasteiger partial charge in [-0.1, -0.05) is 12.1 Å². The normalized spacial score (nSPS) is 20.8. The van der Waals surface area contributed by atoms with Gasteiger partial charge in [-0.15, -0.1) is 0 Å². The molecule has 1 aromatic carbocycles. The lowest BCUT2D eigenvalue weighted by molar-refractivity contribution is 0.360. The predicted octanol–water partition coefficient (Wildman–Crippen LogP) is 2.57. The Balaban J connectivity index is 1.65. The van der Waals surface area contributed by atoms with Crippen LogP contribution in [-0.2, 0) is 10.0 Å². The maximum absolute atomic E-state index is 13.4. The zero-order chi connectivity index (χ0) is 18.3. The van der Waals surface area contributed by atoms with Crippen molar-refractivity contribution in [3.63, 3.8) is 0 Å². The minimum Gasteiger partial charge on any atom is -0.314 e. The van der Waals surface area contributed by atoms with Crippen molar-refractivity contribution in [3.05, 3.63) is 59.1 Å². The van der Waals surface area contributed by atoms with Crippen LogP contribution in [0.1, 0.15) is 17.5 Å². The number of aliphatic imine (C=N–C) groups is 1. The molecule has 0 spiro atoms. The molecule has 2 heterocycles. The van der Waals surface area contributed by atoms with E-state index in [0.29, 0.717) is 36.6 Å². The third kappa shape index (κ3) is 2.96. The van der Waals surface area contributed by atoms with Crippen molar-refractivity contribution in [2.75, 3.05) is 26.2 Å². The topological polar surface area (TPSA) is 61.8 Å². The van der Waals surface area contributed by atoms with E-state index in [4.69, 9.17) is 0 Å². The quantitative estimate of drug-likeness (QED) is 0.886. The van der Waals surface area contributed by atoms with Crippen LogP contribution in [0.3, 0.4) is 0 Å². The Hall–Kier alpha value is -2.09. The lowest BCUT2D eigenvalue weighted by Gasteiger charge is -2.27. The van der Waals surface area contributed by atoms with Crippen molar-refractivity contribution in [3.8, 4) is 0 Å². The molecule has 7 heteroatoms. The first kappa shape index (κ1) is 17.3. The molecule has 1 aliphatic carbocycles. The van der Waals surface area contributed by atoms with Gasteiger partial charge in [0.25, 0.3) is 0 Å². The van der Waals surface area contributed by atoms with E-state index in [9.17, 15) is 12.8 Å². The third-order valence-corrected chi connectivity index (χ3v) is 6.96. The van der Waals surface area contributed by atoms with Crippen molar-refractivity contribution < 1.29 is 12.8 Å². The second-order valence-corrected chi connectivity index (χ2v) is 8.53. The summed E-state index contributed by atoms with van der Waals surface area (Å²) in [6.45, 7) is 4.11. The number of allylic oxidation sites excluding steroid dienone is 5. The summed E-state index contributed by atoms with van der Waals surface area (Å²) in [5.41, 5.74) is 4.12. The number of aryl methyl sites for hydroxylation is 1. The van der Waals surface area contributed by atoms with E-state index in [2.05, 4.69) is 10.3 Å². The van der Waals surface area contributed by atoms with Gasteiger partial charge in [0.2, 0.25) is 10.0 Å². The average Bonchev–Trinajstić information content (AvgIpc) is 3.05. The standard InChI is InChI=1S/C19H20FN3O2S/c1-13-10-14(17-12-22-18-11-15(20)3-4-16(17)18)2-5-19(13)26(24,25)23-8-6-21-7-9-23/h2-5,10,12,21H,6-9,11H2,1H3. The highest BCUT2D eigenvalue weighted by Gasteiger charge is 2.28. The SMILES string of the molecule is Cc1cc(C2=CN=C3CC(F)=CC=C23)ccc1S(=O)(=O)N1CCNCC1. The number of nitrogens with one attached hydrogen (secondary N) is 1. The monoisotopic (exact) mass is 373 g/mol. The van der Waals surface area contributed by atoms with Gasteiger partial charge in [0, 0.05) is 49.9 Å². The summed E-state index contributed by atoms with van der Waals surface area (Å²) in [6, 6.07) is 5.34. The van der Waals surface area contributed by atoms with Crippen LogP contribution >= 0.6 is 0 Å². The van der Waals surface area contributed by atoms with Gasteiger partial charge in [-0.25, -0.2) is 12.8 Å². The van der Waals surface area contributed by atoms with Crippen LogP contribution in [0.15, 0.2) is 57.8 Å². The molecule has 1 aromatic rings. The fraction of sp³-hybridized carbons (Fsp3) is 0.316. The first-order valence-electron chi connectivity index (χ1n) is 8.62. The van der Waals surface area contributed by atoms with Gasteiger partial charge in [0.1, 0.15) is 5.83 Å². The van der Waals surface area contributed by atoms with Gasteiger partial charge >= 0.3 is 0 Å². The minimum atomic E-state index is -3.49. The molecule has 2 aliphatic heterocycles. The smallest absolute Gasteiger partial charge is 0.243 e. The molecule has 0 saturated carbocycles. The molecule has 1 saturated heterocycles. The van der Waals surface area contributed by atoms with Crippen LogP contribution in [0.5, 0.6) is 0 Å². The molecule has 3 aliphatic rings. The number of nitrogens with zero attached hydrogens (tertiary/aromatic N) is 2. The Morgan fingerprint density at radius 3 is 2.65 bits per heavy atom. The van der Waals surface area contributed by atoms with E-state index >= 15 is 0 Å². The van der Waals surface area contributed by atoms with Crippen LogP contribution in [-0.4, -0.2) is 44.6 Å². The number of rotatable bonds is 3. The van der Waals surface area contributed by atoms with E-state index in [1.54, 1.807) is 18.3 Å². The molecule has 5 nitrogen and oxygen atoms in total. The minimum absolute atomic E-state index is 0.198. The molecule has 0 radical (unpaired) electrons. The van der Waals surface area contributed by atoms with E-state index in [0.717, 1.165) is 22.4 Å². The molecule has 0 aromatic heterocycles. The first-order valence-corrected chi connectivity index (χ1v) is 10.1. The molecule has 0 unspecified atom stereocenters. The third-order valence-electron chi connectivity index (χ3n) is 4.90. The highest BCUT2D eigenvalue weighted by molar-refractivity contribution is 7.89. The fourth-order valence-corrected chi connectivity index (χ4v) is 5.16. The molecule has 136 valence electrons. The predicted molar refractivity (Wildman–Crippen MR) is 100 cm³/mol. The van der Waals surface area contributed by atoms with Gasteiger partial charge in [-0.05, 0) is 36.3 Å². The maximum Gasteiger partial charge on any atom is 0.243 e. The summed E-state index contributed by atoms with van der Waals surface area (Å²) in [7, 11) is -3.49. The molecule has 0 atom stereocenters. The van der Waals surface area contributed by atoms with Gasteiger partial charge < -0.3 is 5.32 Å². The molecule has 1 fully saturated rings. The van der Waals surface area contributed by atoms with E-state index < -0.39 is 10.0 Å². The Bertz CT molecular complexity index is 984. The summed E-state index contributed by atoms with van der Waals surface area (Å²) >= 11 is 0. The van der Waals surface area contributed by atoms with E-state index in [1.165, 1.54) is 10.4 Å². The van der Waals surface area contributed by atoms with Crippen LogP contribution in [0.25, 0.3) is 5.57 Å². The largest absolute Gasteiger partial charge is 0.314 e. The Morgan fingerprint density at radius 2 is 1.92 bits per heavy atom. The highest BCUT2D eigenvalue weighted by Crippen LogP contribution is 2.35. The number of piperazine rings is 1. The zero-order valence-corrected chi connectivity index (χ0v) is 15.3. The van der Waals surface area contributed by atoms with Gasteiger partial charge in [0.15, 0.2) is 0 Å². The number of benzene rings is 1.